The molecule has 0 unspecified atom stereocenters. The molecule has 0 spiro atoms. The van der Waals surface area contributed by atoms with Gasteiger partial charge in [0.25, 0.3) is 0 Å². The van der Waals surface area contributed by atoms with E-state index in [-0.39, 0.29) is 5.91 Å². The summed E-state index contributed by atoms with van der Waals surface area (Å²) in [5, 5.41) is 0. The number of thiol groups is 1. The number of hydrogen-bond acceptors (Lipinski definition) is 2. The molecule has 0 saturated carbocycles. The van der Waals surface area contributed by atoms with Gasteiger partial charge in [0.05, 0.1) is 18.4 Å². The first kappa shape index (κ1) is 9.29. The molecule has 3 heteroatoms. The summed E-state index contributed by atoms with van der Waals surface area (Å²) in [5.74, 6) is -0.0178. The normalized spacial score (nSPS) is 9.83. The van der Waals surface area contributed by atoms with Gasteiger partial charge in [-0.3, -0.25) is 0 Å². The fourth-order valence-electron chi connectivity index (χ4n) is 1.14. The van der Waals surface area contributed by atoms with Crippen molar-refractivity contribution in [1.29, 1.82) is 0 Å². The van der Waals surface area contributed by atoms with E-state index in [1.54, 1.807) is 0 Å². The molecule has 0 aliphatic heterocycles. The number of carbonyl (C=O) groups is 1. The van der Waals surface area contributed by atoms with Gasteiger partial charge in [0.15, 0.2) is 0 Å². The van der Waals surface area contributed by atoms with Crippen molar-refractivity contribution in [2.24, 2.45) is 0 Å². The highest BCUT2D eigenvalue weighted by molar-refractivity contribution is 7.73. The van der Waals surface area contributed by atoms with E-state index in [1.807, 2.05) is 31.2 Å². The van der Waals surface area contributed by atoms with Crippen LogP contribution in [0.4, 0.5) is 0 Å². The lowest BCUT2D eigenvalue weighted by molar-refractivity contribution is -0.362. The highest BCUT2D eigenvalue weighted by atomic mass is 32.1. The summed E-state index contributed by atoms with van der Waals surface area (Å²) < 4.78 is 1.30. The molecule has 2 N–H and O–H groups in total. The average Bonchev–Trinajstić information content (AvgIpc) is 2.16. The van der Waals surface area contributed by atoms with Gasteiger partial charge in [-0.15, -0.1) is 0 Å². The van der Waals surface area contributed by atoms with Crippen molar-refractivity contribution in [3.05, 3.63) is 35.4 Å². The van der Waals surface area contributed by atoms with Crippen molar-refractivity contribution in [2.45, 2.75) is 13.3 Å². The quantitative estimate of drug-likeness (QED) is 0.652. The standard InChI is InChI=1S/C9H11NOS/c1-2-7-5-3-4-6-8(7)9(11)10-12/h3-6,12H,2H2,1H3,(H,10,11)/p+1. The summed E-state index contributed by atoms with van der Waals surface area (Å²) in [6, 6.07) is 7.59. The Morgan fingerprint density at radius 2 is 2.17 bits per heavy atom. The highest BCUT2D eigenvalue weighted by Gasteiger charge is 2.10. The van der Waals surface area contributed by atoms with E-state index in [2.05, 4.69) is 12.8 Å². The minimum atomic E-state index is -0.0178. The van der Waals surface area contributed by atoms with Crippen LogP contribution in [-0.4, -0.2) is 5.91 Å². The molecule has 2 nitrogen and oxygen atoms in total. The number of benzene rings is 1. The molecule has 1 rings (SSSR count). The lowest BCUT2D eigenvalue weighted by atomic mass is 10.1. The highest BCUT2D eigenvalue weighted by Crippen LogP contribution is 2.07. The van der Waals surface area contributed by atoms with Gasteiger partial charge in [0.2, 0.25) is 0 Å². The molecule has 0 aliphatic rings. The zero-order valence-electron chi connectivity index (χ0n) is 6.95. The van der Waals surface area contributed by atoms with Crippen LogP contribution in [0.25, 0.3) is 0 Å². The van der Waals surface area contributed by atoms with Crippen molar-refractivity contribution in [2.75, 3.05) is 0 Å². The Kier molecular flexibility index (Phi) is 3.31. The molecule has 1 aromatic rings. The molecule has 1 amide bonds. The lowest BCUT2D eigenvalue weighted by Gasteiger charge is -2.00. The Morgan fingerprint density at radius 3 is 2.75 bits per heavy atom. The maximum Gasteiger partial charge on any atom is 0.354 e. The molecule has 0 radical (unpaired) electrons. The molecule has 0 aliphatic carbocycles. The van der Waals surface area contributed by atoms with Gasteiger partial charge in [-0.05, 0) is 18.1 Å². The Balaban J connectivity index is 3.04. The molecule has 0 saturated heterocycles. The minimum Gasteiger partial charge on any atom is -0.225 e. The van der Waals surface area contributed by atoms with E-state index in [4.69, 9.17) is 0 Å². The molecule has 0 bridgehead atoms. The molecular weight excluding hydrogens is 170 g/mol. The molecule has 1 aromatic carbocycles. The fraction of sp³-hybridized carbons (Fsp3) is 0.222. The summed E-state index contributed by atoms with van der Waals surface area (Å²) in [4.78, 5) is 11.3. The van der Waals surface area contributed by atoms with Crippen molar-refractivity contribution in [1.82, 2.24) is 0 Å². The Hall–Kier alpha value is -0.800. The van der Waals surface area contributed by atoms with Crippen LogP contribution in [0.2, 0.25) is 0 Å². The third-order valence-corrected chi connectivity index (χ3v) is 2.02. The van der Waals surface area contributed by atoms with Crippen LogP contribution < -0.4 is 4.72 Å². The van der Waals surface area contributed by atoms with Crippen molar-refractivity contribution >= 4 is 18.7 Å². The number of aryl methyl sites for hydroxylation is 1. The second-order valence-electron chi connectivity index (χ2n) is 2.50. The van der Waals surface area contributed by atoms with E-state index in [1.165, 1.54) is 4.72 Å². The van der Waals surface area contributed by atoms with Crippen LogP contribution in [0.5, 0.6) is 0 Å². The van der Waals surface area contributed by atoms with Gasteiger partial charge in [0.1, 0.15) is 0 Å². The monoisotopic (exact) mass is 182 g/mol. The minimum absolute atomic E-state index is 0.0178. The van der Waals surface area contributed by atoms with Crippen molar-refractivity contribution < 1.29 is 9.52 Å². The average molecular weight is 182 g/mol. The molecule has 0 atom stereocenters. The van der Waals surface area contributed by atoms with Crippen LogP contribution in [0.1, 0.15) is 22.8 Å². The zero-order valence-corrected chi connectivity index (χ0v) is 7.84. The Bertz CT molecular complexity index is 286. The van der Waals surface area contributed by atoms with Crippen molar-refractivity contribution in [3.63, 3.8) is 0 Å². The summed E-state index contributed by atoms with van der Waals surface area (Å²) >= 11 is 3.84. The number of nitrogens with two attached hydrogens (primary N) is 1. The fourth-order valence-corrected chi connectivity index (χ4v) is 1.28. The molecule has 0 heterocycles. The maximum absolute atomic E-state index is 11.3. The van der Waals surface area contributed by atoms with E-state index < -0.39 is 0 Å². The number of hydrogen-bond donors (Lipinski definition) is 2. The summed E-state index contributed by atoms with van der Waals surface area (Å²) in [7, 11) is 0. The van der Waals surface area contributed by atoms with Gasteiger partial charge < -0.3 is 0 Å². The summed E-state index contributed by atoms with van der Waals surface area (Å²) in [6.45, 7) is 2.03. The van der Waals surface area contributed by atoms with Crippen LogP contribution >= 0.6 is 12.8 Å². The first-order chi connectivity index (χ1) is 5.79. The van der Waals surface area contributed by atoms with Crippen LogP contribution in [0, 0.1) is 0 Å². The molecule has 64 valence electrons. The van der Waals surface area contributed by atoms with E-state index in [0.717, 1.165) is 17.5 Å². The van der Waals surface area contributed by atoms with Gasteiger partial charge in [-0.2, -0.15) is 0 Å². The Labute approximate surface area is 77.5 Å². The van der Waals surface area contributed by atoms with Crippen molar-refractivity contribution in [3.8, 4) is 0 Å². The molecule has 0 fully saturated rings. The third-order valence-electron chi connectivity index (χ3n) is 1.78. The molecule has 12 heavy (non-hydrogen) atoms. The van der Waals surface area contributed by atoms with Gasteiger partial charge in [-0.1, -0.05) is 25.1 Å². The van der Waals surface area contributed by atoms with Crippen LogP contribution in [-0.2, 0) is 6.42 Å². The van der Waals surface area contributed by atoms with E-state index >= 15 is 0 Å². The lowest BCUT2D eigenvalue weighted by Crippen LogP contribution is -2.77. The third kappa shape index (κ3) is 1.87. The zero-order chi connectivity index (χ0) is 8.97. The van der Waals surface area contributed by atoms with Crippen LogP contribution in [0.3, 0.4) is 0 Å². The topological polar surface area (TPSA) is 33.7 Å². The SMILES string of the molecule is CCc1ccccc1C(=O)[NH2+]S. The summed E-state index contributed by atoms with van der Waals surface area (Å²) in [6.07, 6.45) is 0.879. The smallest absolute Gasteiger partial charge is 0.225 e. The number of primary amides is 1. The second kappa shape index (κ2) is 4.28. The van der Waals surface area contributed by atoms with Gasteiger partial charge in [0, 0.05) is 0 Å². The van der Waals surface area contributed by atoms with Gasteiger partial charge >= 0.3 is 5.91 Å². The summed E-state index contributed by atoms with van der Waals surface area (Å²) in [5.41, 5.74) is 1.84. The van der Waals surface area contributed by atoms with Crippen LogP contribution in [0.15, 0.2) is 24.3 Å². The first-order valence-corrected chi connectivity index (χ1v) is 4.41. The maximum atomic E-state index is 11.3. The predicted molar refractivity (Wildman–Crippen MR) is 51.1 cm³/mol. The number of amides is 1. The number of quaternary nitrogens is 1. The molecular formula is C9H12NOS+. The first-order valence-electron chi connectivity index (χ1n) is 3.89. The van der Waals surface area contributed by atoms with E-state index in [9.17, 15) is 4.79 Å². The number of carbonyl (C=O) groups excluding carboxylic acids is 1. The second-order valence-corrected chi connectivity index (χ2v) is 2.76. The van der Waals surface area contributed by atoms with Gasteiger partial charge in [-0.25, -0.2) is 9.52 Å². The predicted octanol–water partition coefficient (Wildman–Crippen LogP) is 0.797. The largest absolute Gasteiger partial charge is 0.354 e. The Morgan fingerprint density at radius 1 is 1.50 bits per heavy atom. The molecule has 0 aromatic heterocycles. The number of rotatable bonds is 2. The van der Waals surface area contributed by atoms with E-state index in [0.29, 0.717) is 0 Å².